The molecule has 282 valence electrons. The summed E-state index contributed by atoms with van der Waals surface area (Å²) in [5.41, 5.74) is 4.02. The predicted octanol–water partition coefficient (Wildman–Crippen LogP) is 2.80. The number of piperazine rings is 2. The van der Waals surface area contributed by atoms with Crippen LogP contribution in [0.5, 0.6) is 5.75 Å². The predicted molar refractivity (Wildman–Crippen MR) is 202 cm³/mol. The lowest BCUT2D eigenvalue weighted by atomic mass is 9.81. The van der Waals surface area contributed by atoms with Crippen LogP contribution in [0.2, 0.25) is 0 Å². The zero-order valence-electron chi connectivity index (χ0n) is 30.5. The van der Waals surface area contributed by atoms with E-state index in [1.807, 2.05) is 24.3 Å². The molecule has 14 heteroatoms. The Morgan fingerprint density at radius 1 is 0.741 bits per heavy atom. The number of piperidine rings is 1. The summed E-state index contributed by atoms with van der Waals surface area (Å²) in [6.45, 7) is 9.73. The summed E-state index contributed by atoms with van der Waals surface area (Å²) < 4.78 is 0. The third kappa shape index (κ3) is 6.55. The quantitative estimate of drug-likeness (QED) is 0.306. The molecule has 1 unspecified atom stereocenters. The molecular formula is C40H47N9O5. The maximum atomic E-state index is 13.3. The van der Waals surface area contributed by atoms with Crippen LogP contribution in [0.4, 0.5) is 17.2 Å². The molecule has 0 bridgehead atoms. The molecule has 6 aliphatic rings. The van der Waals surface area contributed by atoms with Crippen LogP contribution >= 0.6 is 0 Å². The van der Waals surface area contributed by atoms with E-state index >= 15 is 0 Å². The highest BCUT2D eigenvalue weighted by atomic mass is 16.3. The van der Waals surface area contributed by atoms with Gasteiger partial charge >= 0.3 is 0 Å². The molecule has 9 rings (SSSR count). The van der Waals surface area contributed by atoms with Crippen LogP contribution in [0.3, 0.4) is 0 Å². The van der Waals surface area contributed by atoms with Gasteiger partial charge in [-0.25, -0.2) is 0 Å². The van der Waals surface area contributed by atoms with E-state index in [4.69, 9.17) is 0 Å². The van der Waals surface area contributed by atoms with E-state index in [1.165, 1.54) is 25.7 Å². The second kappa shape index (κ2) is 14.3. The van der Waals surface area contributed by atoms with Gasteiger partial charge in [0, 0.05) is 83.1 Å². The number of para-hydroxylation sites is 1. The number of aromatic nitrogens is 2. The number of aromatic hydroxyl groups is 1. The lowest BCUT2D eigenvalue weighted by Gasteiger charge is -2.47. The average Bonchev–Trinajstić information content (AvgIpc) is 3.43. The van der Waals surface area contributed by atoms with Gasteiger partial charge in [-0.15, -0.1) is 10.2 Å². The summed E-state index contributed by atoms with van der Waals surface area (Å²) in [7, 11) is 0. The molecule has 1 saturated carbocycles. The summed E-state index contributed by atoms with van der Waals surface area (Å²) in [6, 6.07) is 14.2. The van der Waals surface area contributed by atoms with Crippen LogP contribution < -0.4 is 20.4 Å². The molecule has 2 atom stereocenters. The number of imide groups is 2. The number of rotatable bonds is 7. The van der Waals surface area contributed by atoms with Crippen LogP contribution in [0.15, 0.2) is 48.5 Å². The topological polar surface area (TPSA) is 155 Å². The standard InChI is InChI=1S/C40H47N9O5/c50-35-4-2-1-3-30(35)32-20-34-37(44-43-32)41-21-28-24-46(15-18-48(28)34)23-26-7-5-25(6-8-26)22-45-13-16-47(17-14-45)27-9-10-29-31(19-27)40(54)49(39(29)53)33-11-12-36(51)42-38(33)52/h1-4,9-10,19-20,25-26,28,33,50H,5-8,11-18,21-24H2,(H,41,44)(H,42,51,52)/t25?,26?,28-,33?/m0/s1. The molecule has 3 N–H and O–H groups in total. The SMILES string of the molecule is O=C1CCC(N2C(=O)c3ccc(N4CCN(CC5CCC(CN6CCN7c8cc(-c9ccccc9O)nnc8NC[C@H]7C6)CC5)CC4)cc3C2=O)C(=O)N1. The Hall–Kier alpha value is -5.08. The third-order valence-electron chi connectivity index (χ3n) is 12.5. The third-order valence-corrected chi connectivity index (χ3v) is 12.5. The molecule has 14 nitrogen and oxygen atoms in total. The molecule has 54 heavy (non-hydrogen) atoms. The maximum Gasteiger partial charge on any atom is 0.262 e. The Labute approximate surface area is 314 Å². The van der Waals surface area contributed by atoms with Crippen molar-refractivity contribution in [3.05, 3.63) is 59.7 Å². The maximum absolute atomic E-state index is 13.3. The molecule has 3 aromatic rings. The van der Waals surface area contributed by atoms with Gasteiger partial charge in [-0.05, 0) is 80.3 Å². The molecule has 1 aliphatic carbocycles. The number of anilines is 3. The van der Waals surface area contributed by atoms with Crippen molar-refractivity contribution in [1.29, 1.82) is 0 Å². The van der Waals surface area contributed by atoms with Crippen LogP contribution in [-0.2, 0) is 9.59 Å². The van der Waals surface area contributed by atoms with Gasteiger partial charge in [-0.1, -0.05) is 12.1 Å². The van der Waals surface area contributed by atoms with Crippen molar-refractivity contribution in [3.8, 4) is 17.0 Å². The second-order valence-electron chi connectivity index (χ2n) is 15.8. The smallest absolute Gasteiger partial charge is 0.262 e. The first-order valence-corrected chi connectivity index (χ1v) is 19.5. The molecule has 3 saturated heterocycles. The molecule has 0 radical (unpaired) electrons. The van der Waals surface area contributed by atoms with E-state index in [-0.39, 0.29) is 24.5 Å². The largest absolute Gasteiger partial charge is 0.507 e. The molecule has 4 fully saturated rings. The van der Waals surface area contributed by atoms with Gasteiger partial charge in [0.15, 0.2) is 5.82 Å². The van der Waals surface area contributed by atoms with Gasteiger partial charge in [0.25, 0.3) is 11.8 Å². The van der Waals surface area contributed by atoms with Crippen LogP contribution in [0.1, 0.15) is 59.2 Å². The fraction of sp³-hybridized carbons (Fsp3) is 0.500. The van der Waals surface area contributed by atoms with Crippen LogP contribution in [0.25, 0.3) is 11.3 Å². The number of nitrogens with zero attached hydrogens (tertiary/aromatic N) is 7. The van der Waals surface area contributed by atoms with E-state index in [0.717, 1.165) is 93.5 Å². The Balaban J connectivity index is 0.731. The Bertz CT molecular complexity index is 1970. The Morgan fingerprint density at radius 2 is 1.46 bits per heavy atom. The minimum absolute atomic E-state index is 0.107. The summed E-state index contributed by atoms with van der Waals surface area (Å²) in [6.07, 6.45) is 5.33. The number of benzene rings is 2. The zero-order valence-corrected chi connectivity index (χ0v) is 30.5. The van der Waals surface area contributed by atoms with Gasteiger partial charge in [0.05, 0.1) is 28.6 Å². The highest BCUT2D eigenvalue weighted by Gasteiger charge is 2.45. The minimum Gasteiger partial charge on any atom is -0.507 e. The van der Waals surface area contributed by atoms with Gasteiger partial charge in [-0.3, -0.25) is 39.2 Å². The first kappa shape index (κ1) is 34.7. The molecule has 5 aliphatic heterocycles. The number of phenolic OH excluding ortho intramolecular Hbond substituents is 1. The number of fused-ring (bicyclic) bond motifs is 4. The van der Waals surface area contributed by atoms with Crippen molar-refractivity contribution in [2.75, 3.05) is 80.6 Å². The first-order chi connectivity index (χ1) is 26.3. The number of carbonyl (C=O) groups excluding carboxylic acids is 4. The van der Waals surface area contributed by atoms with Gasteiger partial charge in [-0.2, -0.15) is 0 Å². The number of hydrogen-bond donors (Lipinski definition) is 3. The van der Waals surface area contributed by atoms with Crippen molar-refractivity contribution >= 4 is 40.8 Å². The summed E-state index contributed by atoms with van der Waals surface area (Å²) >= 11 is 0. The van der Waals surface area contributed by atoms with E-state index in [2.05, 4.69) is 46.5 Å². The molecule has 2 aromatic carbocycles. The van der Waals surface area contributed by atoms with E-state index < -0.39 is 23.8 Å². The molecule has 6 heterocycles. The number of nitrogens with one attached hydrogen (secondary N) is 2. The zero-order chi connectivity index (χ0) is 36.9. The van der Waals surface area contributed by atoms with Crippen molar-refractivity contribution < 1.29 is 24.3 Å². The van der Waals surface area contributed by atoms with E-state index in [9.17, 15) is 24.3 Å². The molecule has 0 spiro atoms. The van der Waals surface area contributed by atoms with Crippen LogP contribution in [-0.4, -0.2) is 131 Å². The number of carbonyl (C=O) groups is 4. The van der Waals surface area contributed by atoms with Crippen LogP contribution in [0, 0.1) is 11.8 Å². The van der Waals surface area contributed by atoms with E-state index in [1.54, 1.807) is 18.2 Å². The lowest BCUT2D eigenvalue weighted by molar-refractivity contribution is -0.136. The van der Waals surface area contributed by atoms with Gasteiger partial charge in [0.2, 0.25) is 11.8 Å². The number of phenols is 1. The van der Waals surface area contributed by atoms with Crippen molar-refractivity contribution in [3.63, 3.8) is 0 Å². The highest BCUT2D eigenvalue weighted by Crippen LogP contribution is 2.37. The molecular weight excluding hydrogens is 686 g/mol. The van der Waals surface area contributed by atoms with Gasteiger partial charge < -0.3 is 20.2 Å². The van der Waals surface area contributed by atoms with Crippen molar-refractivity contribution in [2.45, 2.75) is 50.6 Å². The second-order valence-corrected chi connectivity index (χ2v) is 15.8. The summed E-state index contributed by atoms with van der Waals surface area (Å²) in [5, 5.41) is 25.0. The first-order valence-electron chi connectivity index (χ1n) is 19.5. The molecule has 4 amide bonds. The summed E-state index contributed by atoms with van der Waals surface area (Å²) in [4.78, 5) is 61.5. The van der Waals surface area contributed by atoms with Crippen molar-refractivity contribution in [1.82, 2.24) is 30.2 Å². The fourth-order valence-corrected chi connectivity index (χ4v) is 9.51. The average molecular weight is 734 g/mol. The monoisotopic (exact) mass is 733 g/mol. The Morgan fingerprint density at radius 3 is 2.22 bits per heavy atom. The van der Waals surface area contributed by atoms with Gasteiger partial charge in [0.1, 0.15) is 11.8 Å². The normalized spacial score (nSPS) is 26.3. The Kier molecular flexibility index (Phi) is 9.18. The number of hydrogen-bond acceptors (Lipinski definition) is 12. The van der Waals surface area contributed by atoms with E-state index in [0.29, 0.717) is 34.3 Å². The van der Waals surface area contributed by atoms with Crippen molar-refractivity contribution in [2.24, 2.45) is 11.8 Å². The number of amides is 4. The highest BCUT2D eigenvalue weighted by molar-refractivity contribution is 6.23. The molecule has 1 aromatic heterocycles. The minimum atomic E-state index is -0.954. The fourth-order valence-electron chi connectivity index (χ4n) is 9.51. The lowest BCUT2D eigenvalue weighted by Crippen LogP contribution is -2.58. The summed E-state index contributed by atoms with van der Waals surface area (Å²) in [5.74, 6) is 0.567.